The number of nitrogens with zero attached hydrogens (tertiary/aromatic N) is 1. The fraction of sp³-hybridized carbons (Fsp3) is 0.481. The van der Waals surface area contributed by atoms with Gasteiger partial charge in [0.25, 0.3) is 5.91 Å². The van der Waals surface area contributed by atoms with Crippen molar-refractivity contribution in [1.29, 1.82) is 0 Å². The van der Waals surface area contributed by atoms with E-state index in [1.165, 1.54) is 10.5 Å². The van der Waals surface area contributed by atoms with Gasteiger partial charge in [0, 0.05) is 28.2 Å². The summed E-state index contributed by atoms with van der Waals surface area (Å²) < 4.78 is 6.67. The highest BCUT2D eigenvalue weighted by molar-refractivity contribution is 9.10. The molecule has 5 nitrogen and oxygen atoms in total. The van der Waals surface area contributed by atoms with Gasteiger partial charge in [0.1, 0.15) is 11.8 Å². The van der Waals surface area contributed by atoms with Crippen molar-refractivity contribution in [2.75, 3.05) is 6.61 Å². The minimum absolute atomic E-state index is 0.116. The highest BCUT2D eigenvalue weighted by Crippen LogP contribution is 2.30. The summed E-state index contributed by atoms with van der Waals surface area (Å²) in [6.45, 7) is 6.03. The first kappa shape index (κ1) is 27.8. The number of carbonyl (C=O) groups is 2. The summed E-state index contributed by atoms with van der Waals surface area (Å²) in [4.78, 5) is 28.3. The molecule has 0 aromatic heterocycles. The van der Waals surface area contributed by atoms with Gasteiger partial charge in [0.15, 0.2) is 6.61 Å². The average molecular weight is 584 g/mol. The summed E-state index contributed by atoms with van der Waals surface area (Å²) in [6.07, 6.45) is 4.61. The first-order chi connectivity index (χ1) is 16.7. The maximum Gasteiger partial charge on any atom is 0.261 e. The summed E-state index contributed by atoms with van der Waals surface area (Å²) >= 11 is 16.4. The third-order valence-electron chi connectivity index (χ3n) is 6.45. The van der Waals surface area contributed by atoms with Crippen molar-refractivity contribution in [3.05, 3.63) is 62.0 Å². The number of halogens is 3. The van der Waals surface area contributed by atoms with Gasteiger partial charge in [-0.05, 0) is 70.9 Å². The van der Waals surface area contributed by atoms with Crippen LogP contribution in [-0.4, -0.2) is 35.4 Å². The van der Waals surface area contributed by atoms with Crippen LogP contribution in [0.3, 0.4) is 0 Å². The minimum atomic E-state index is -0.661. The first-order valence-corrected chi connectivity index (χ1v) is 13.7. The summed E-state index contributed by atoms with van der Waals surface area (Å²) in [7, 11) is 0. The first-order valence-electron chi connectivity index (χ1n) is 12.2. The Kier molecular flexibility index (Phi) is 10.3. The number of hydrogen-bond donors (Lipinski definition) is 1. The van der Waals surface area contributed by atoms with Crippen LogP contribution in [-0.2, 0) is 16.1 Å². The monoisotopic (exact) mass is 582 g/mol. The van der Waals surface area contributed by atoms with Gasteiger partial charge in [-0.2, -0.15) is 0 Å². The van der Waals surface area contributed by atoms with Crippen molar-refractivity contribution < 1.29 is 14.3 Å². The zero-order valence-electron chi connectivity index (χ0n) is 20.5. The lowest BCUT2D eigenvalue weighted by Gasteiger charge is -2.32. The van der Waals surface area contributed by atoms with Gasteiger partial charge in [-0.1, -0.05) is 68.9 Å². The lowest BCUT2D eigenvalue weighted by molar-refractivity contribution is -0.143. The van der Waals surface area contributed by atoms with Crippen LogP contribution in [0.25, 0.3) is 0 Å². The molecule has 0 saturated heterocycles. The standard InChI is InChI=1S/C27H33BrCl2N2O3/c1-4-24(27(34)31-19-8-5-6-9-19)32(15-20-22(29)10-7-11-23(20)30)26(33)16-35-25-13-12-18(17(2)3)14-21(25)28/h7,10-14,17,19,24H,4-6,8-9,15-16H2,1-3H3,(H,31,34)/t24-/m0/s1. The Morgan fingerprint density at radius 2 is 1.80 bits per heavy atom. The molecule has 0 radical (unpaired) electrons. The van der Waals surface area contributed by atoms with Crippen LogP contribution >= 0.6 is 39.1 Å². The van der Waals surface area contributed by atoms with Crippen LogP contribution in [0.2, 0.25) is 10.0 Å². The van der Waals surface area contributed by atoms with Crippen molar-refractivity contribution in [1.82, 2.24) is 10.2 Å². The molecule has 2 amide bonds. The third-order valence-corrected chi connectivity index (χ3v) is 7.78. The van der Waals surface area contributed by atoms with Gasteiger partial charge in [0.05, 0.1) is 4.47 Å². The second kappa shape index (κ2) is 13.0. The van der Waals surface area contributed by atoms with Crippen molar-refractivity contribution >= 4 is 50.9 Å². The molecule has 1 atom stereocenters. The number of ether oxygens (including phenoxy) is 1. The van der Waals surface area contributed by atoms with E-state index in [1.54, 1.807) is 18.2 Å². The number of hydrogen-bond acceptors (Lipinski definition) is 3. The fourth-order valence-electron chi connectivity index (χ4n) is 4.36. The van der Waals surface area contributed by atoms with Gasteiger partial charge < -0.3 is 15.0 Å². The summed E-state index contributed by atoms with van der Waals surface area (Å²) in [5, 5.41) is 4.04. The molecule has 8 heteroatoms. The SMILES string of the molecule is CC[C@@H](C(=O)NC1CCCC1)N(Cc1c(Cl)cccc1Cl)C(=O)COc1ccc(C(C)C)cc1Br. The van der Waals surface area contributed by atoms with E-state index in [4.69, 9.17) is 27.9 Å². The lowest BCUT2D eigenvalue weighted by Crippen LogP contribution is -2.52. The van der Waals surface area contributed by atoms with E-state index in [-0.39, 0.29) is 31.0 Å². The highest BCUT2D eigenvalue weighted by Gasteiger charge is 2.31. The summed E-state index contributed by atoms with van der Waals surface area (Å²) in [6, 6.07) is 10.5. The topological polar surface area (TPSA) is 58.6 Å². The smallest absolute Gasteiger partial charge is 0.261 e. The molecule has 1 saturated carbocycles. The van der Waals surface area contributed by atoms with Crippen molar-refractivity contribution in [3.8, 4) is 5.75 Å². The maximum atomic E-state index is 13.5. The van der Waals surface area contributed by atoms with E-state index in [0.717, 1.165) is 30.2 Å². The molecule has 190 valence electrons. The molecular formula is C27H33BrCl2N2O3. The molecule has 2 aromatic carbocycles. The third kappa shape index (κ3) is 7.37. The van der Waals surface area contributed by atoms with Gasteiger partial charge in [-0.3, -0.25) is 9.59 Å². The molecule has 0 heterocycles. The van der Waals surface area contributed by atoms with Crippen LogP contribution in [0.5, 0.6) is 5.75 Å². The molecule has 0 bridgehead atoms. The number of amides is 2. The van der Waals surface area contributed by atoms with Crippen LogP contribution in [0.15, 0.2) is 40.9 Å². The Labute approximate surface area is 226 Å². The zero-order chi connectivity index (χ0) is 25.5. The Bertz CT molecular complexity index is 1020. The van der Waals surface area contributed by atoms with Gasteiger partial charge >= 0.3 is 0 Å². The van der Waals surface area contributed by atoms with Crippen LogP contribution in [0, 0.1) is 0 Å². The quantitative estimate of drug-likeness (QED) is 0.324. The Morgan fingerprint density at radius 1 is 1.14 bits per heavy atom. The number of carbonyl (C=O) groups excluding carboxylic acids is 2. The Morgan fingerprint density at radius 3 is 2.37 bits per heavy atom. The molecule has 35 heavy (non-hydrogen) atoms. The largest absolute Gasteiger partial charge is 0.483 e. The maximum absolute atomic E-state index is 13.5. The van der Waals surface area contributed by atoms with E-state index >= 15 is 0 Å². The van der Waals surface area contributed by atoms with Gasteiger partial charge in [-0.15, -0.1) is 0 Å². The second-order valence-corrected chi connectivity index (χ2v) is 10.9. The van der Waals surface area contributed by atoms with Crippen LogP contribution in [0.1, 0.15) is 69.9 Å². The number of nitrogens with one attached hydrogen (secondary N) is 1. The van der Waals surface area contributed by atoms with E-state index < -0.39 is 6.04 Å². The van der Waals surface area contributed by atoms with Gasteiger partial charge in [-0.25, -0.2) is 0 Å². The molecule has 1 fully saturated rings. The molecule has 0 spiro atoms. The Balaban J connectivity index is 1.82. The minimum Gasteiger partial charge on any atom is -0.483 e. The molecule has 2 aromatic rings. The predicted molar refractivity (Wildman–Crippen MR) is 145 cm³/mol. The molecule has 1 N–H and O–H groups in total. The van der Waals surface area contributed by atoms with Crippen LogP contribution in [0.4, 0.5) is 0 Å². The highest BCUT2D eigenvalue weighted by atomic mass is 79.9. The predicted octanol–water partition coefficient (Wildman–Crippen LogP) is 7.12. The Hall–Kier alpha value is -1.76. The van der Waals surface area contributed by atoms with E-state index in [0.29, 0.717) is 33.7 Å². The van der Waals surface area contributed by atoms with Crippen LogP contribution < -0.4 is 10.1 Å². The van der Waals surface area contributed by atoms with Crippen molar-refractivity contribution in [2.24, 2.45) is 0 Å². The summed E-state index contributed by atoms with van der Waals surface area (Å²) in [5.74, 6) is 0.483. The molecule has 1 aliphatic rings. The molecule has 3 rings (SSSR count). The fourth-order valence-corrected chi connectivity index (χ4v) is 5.38. The molecular weight excluding hydrogens is 551 g/mol. The van der Waals surface area contributed by atoms with E-state index in [9.17, 15) is 9.59 Å². The molecule has 0 unspecified atom stereocenters. The van der Waals surface area contributed by atoms with Crippen molar-refractivity contribution in [3.63, 3.8) is 0 Å². The normalized spacial score (nSPS) is 14.7. The zero-order valence-corrected chi connectivity index (χ0v) is 23.5. The lowest BCUT2D eigenvalue weighted by atomic mass is 10.0. The molecule has 0 aliphatic heterocycles. The van der Waals surface area contributed by atoms with Crippen molar-refractivity contribution in [2.45, 2.75) is 77.4 Å². The summed E-state index contributed by atoms with van der Waals surface area (Å²) in [5.41, 5.74) is 1.78. The second-order valence-electron chi connectivity index (χ2n) is 9.27. The molecule has 1 aliphatic carbocycles. The van der Waals surface area contributed by atoms with E-state index in [2.05, 4.69) is 35.1 Å². The number of benzene rings is 2. The van der Waals surface area contributed by atoms with Gasteiger partial charge in [0.2, 0.25) is 5.91 Å². The van der Waals surface area contributed by atoms with E-state index in [1.807, 2.05) is 25.1 Å². The number of rotatable bonds is 10. The average Bonchev–Trinajstić information content (AvgIpc) is 3.32.